The van der Waals surface area contributed by atoms with Crippen LogP contribution in [0.15, 0.2) is 29.4 Å². The number of thioether (sulfide) groups is 1. The Labute approximate surface area is 141 Å². The SMILES string of the molecule is COCCCn1c(SCCOC)nnc1-c1ccccc1OC. The Morgan fingerprint density at radius 1 is 1.04 bits per heavy atom. The molecule has 1 heterocycles. The van der Waals surface area contributed by atoms with Crippen LogP contribution in [0.5, 0.6) is 5.75 Å². The van der Waals surface area contributed by atoms with Gasteiger partial charge >= 0.3 is 0 Å². The smallest absolute Gasteiger partial charge is 0.191 e. The van der Waals surface area contributed by atoms with Crippen LogP contribution in [-0.4, -0.2) is 55.1 Å². The minimum Gasteiger partial charge on any atom is -0.496 e. The van der Waals surface area contributed by atoms with E-state index in [2.05, 4.69) is 14.8 Å². The summed E-state index contributed by atoms with van der Waals surface area (Å²) in [6, 6.07) is 7.85. The molecule has 2 rings (SSSR count). The van der Waals surface area contributed by atoms with E-state index in [0.717, 1.165) is 41.0 Å². The fourth-order valence-electron chi connectivity index (χ4n) is 2.21. The van der Waals surface area contributed by atoms with Gasteiger partial charge in [0, 0.05) is 33.1 Å². The van der Waals surface area contributed by atoms with Crippen molar-refractivity contribution in [2.75, 3.05) is 40.3 Å². The van der Waals surface area contributed by atoms with Crippen LogP contribution in [-0.2, 0) is 16.0 Å². The predicted molar refractivity (Wildman–Crippen MR) is 91.1 cm³/mol. The predicted octanol–water partition coefficient (Wildman–Crippen LogP) is 2.73. The maximum Gasteiger partial charge on any atom is 0.191 e. The van der Waals surface area contributed by atoms with Gasteiger partial charge in [0.1, 0.15) is 5.75 Å². The van der Waals surface area contributed by atoms with Gasteiger partial charge in [0.25, 0.3) is 0 Å². The number of para-hydroxylation sites is 1. The zero-order chi connectivity index (χ0) is 16.5. The van der Waals surface area contributed by atoms with Crippen LogP contribution < -0.4 is 4.74 Å². The molecule has 126 valence electrons. The average molecular weight is 337 g/mol. The van der Waals surface area contributed by atoms with E-state index in [1.54, 1.807) is 33.1 Å². The number of hydrogen-bond acceptors (Lipinski definition) is 6. The third-order valence-corrected chi connectivity index (χ3v) is 4.24. The number of ether oxygens (including phenoxy) is 3. The molecule has 0 aliphatic heterocycles. The molecule has 0 radical (unpaired) electrons. The topological polar surface area (TPSA) is 58.4 Å². The number of aromatic nitrogens is 3. The van der Waals surface area contributed by atoms with Crippen LogP contribution in [0.1, 0.15) is 6.42 Å². The molecule has 0 bridgehead atoms. The average Bonchev–Trinajstić information content (AvgIpc) is 2.98. The normalized spacial score (nSPS) is 10.9. The number of hydrogen-bond donors (Lipinski definition) is 0. The Balaban J connectivity index is 2.30. The first-order chi connectivity index (χ1) is 11.3. The van der Waals surface area contributed by atoms with Crippen LogP contribution in [0, 0.1) is 0 Å². The lowest BCUT2D eigenvalue weighted by Crippen LogP contribution is -2.06. The summed E-state index contributed by atoms with van der Waals surface area (Å²) in [4.78, 5) is 0. The van der Waals surface area contributed by atoms with Crippen molar-refractivity contribution >= 4 is 11.8 Å². The maximum atomic E-state index is 5.46. The molecule has 7 heteroatoms. The molecular weight excluding hydrogens is 314 g/mol. The van der Waals surface area contributed by atoms with Crippen molar-refractivity contribution in [2.24, 2.45) is 0 Å². The highest BCUT2D eigenvalue weighted by atomic mass is 32.2. The molecule has 0 unspecified atom stereocenters. The van der Waals surface area contributed by atoms with Crippen molar-refractivity contribution in [1.29, 1.82) is 0 Å². The Kier molecular flexibility index (Phi) is 7.38. The fourth-order valence-corrected chi connectivity index (χ4v) is 3.07. The molecule has 6 nitrogen and oxygen atoms in total. The standard InChI is InChI=1S/C16H23N3O3S/c1-20-10-6-9-19-15(13-7-4-5-8-14(13)22-3)17-18-16(19)23-12-11-21-2/h4-5,7-8H,6,9-12H2,1-3H3. The van der Waals surface area contributed by atoms with Gasteiger partial charge in [-0.1, -0.05) is 23.9 Å². The van der Waals surface area contributed by atoms with Gasteiger partial charge in [-0.3, -0.25) is 0 Å². The second-order valence-electron chi connectivity index (χ2n) is 4.85. The summed E-state index contributed by atoms with van der Waals surface area (Å²) in [7, 11) is 5.07. The molecule has 0 fully saturated rings. The van der Waals surface area contributed by atoms with Gasteiger partial charge in [-0.15, -0.1) is 10.2 Å². The third-order valence-electron chi connectivity index (χ3n) is 3.31. The quantitative estimate of drug-likeness (QED) is 0.491. The number of benzene rings is 1. The molecule has 1 aromatic carbocycles. The molecule has 0 spiro atoms. The van der Waals surface area contributed by atoms with E-state index < -0.39 is 0 Å². The summed E-state index contributed by atoms with van der Waals surface area (Å²) >= 11 is 1.64. The lowest BCUT2D eigenvalue weighted by molar-refractivity contribution is 0.189. The minimum absolute atomic E-state index is 0.680. The monoisotopic (exact) mass is 337 g/mol. The van der Waals surface area contributed by atoms with Gasteiger partial charge < -0.3 is 18.8 Å². The Morgan fingerprint density at radius 2 is 1.83 bits per heavy atom. The molecule has 2 aromatic rings. The summed E-state index contributed by atoms with van der Waals surface area (Å²) in [5.74, 6) is 2.45. The fraction of sp³-hybridized carbons (Fsp3) is 0.500. The molecule has 0 aliphatic carbocycles. The minimum atomic E-state index is 0.680. The van der Waals surface area contributed by atoms with Gasteiger partial charge in [-0.05, 0) is 18.6 Å². The van der Waals surface area contributed by atoms with E-state index >= 15 is 0 Å². The highest BCUT2D eigenvalue weighted by Crippen LogP contribution is 2.30. The highest BCUT2D eigenvalue weighted by molar-refractivity contribution is 7.99. The van der Waals surface area contributed by atoms with Gasteiger partial charge in [0.2, 0.25) is 0 Å². The van der Waals surface area contributed by atoms with Gasteiger partial charge in [-0.25, -0.2) is 0 Å². The summed E-state index contributed by atoms with van der Waals surface area (Å²) in [6.45, 7) is 2.18. The molecule has 1 aromatic heterocycles. The molecule has 0 amide bonds. The molecule has 0 saturated heterocycles. The molecule has 23 heavy (non-hydrogen) atoms. The van der Waals surface area contributed by atoms with Crippen molar-refractivity contribution in [3.05, 3.63) is 24.3 Å². The van der Waals surface area contributed by atoms with Crippen molar-refractivity contribution in [2.45, 2.75) is 18.1 Å². The Bertz CT molecular complexity index is 604. The zero-order valence-electron chi connectivity index (χ0n) is 13.8. The van der Waals surface area contributed by atoms with Gasteiger partial charge in [0.15, 0.2) is 11.0 Å². The molecular formula is C16H23N3O3S. The van der Waals surface area contributed by atoms with Crippen LogP contribution >= 0.6 is 11.8 Å². The second kappa shape index (κ2) is 9.54. The first-order valence-electron chi connectivity index (χ1n) is 7.49. The van der Waals surface area contributed by atoms with Gasteiger partial charge in [-0.2, -0.15) is 0 Å². The van der Waals surface area contributed by atoms with Crippen molar-refractivity contribution in [1.82, 2.24) is 14.8 Å². The molecule has 0 saturated carbocycles. The van der Waals surface area contributed by atoms with Crippen LogP contribution in [0.4, 0.5) is 0 Å². The van der Waals surface area contributed by atoms with Crippen molar-refractivity contribution < 1.29 is 14.2 Å². The number of nitrogens with zero attached hydrogens (tertiary/aromatic N) is 3. The van der Waals surface area contributed by atoms with E-state index in [1.807, 2.05) is 24.3 Å². The summed E-state index contributed by atoms with van der Waals surface area (Å²) in [5, 5.41) is 9.61. The van der Waals surface area contributed by atoms with E-state index in [0.29, 0.717) is 13.2 Å². The summed E-state index contributed by atoms with van der Waals surface area (Å²) in [5.41, 5.74) is 0.943. The van der Waals surface area contributed by atoms with E-state index in [-0.39, 0.29) is 0 Å². The lowest BCUT2D eigenvalue weighted by Gasteiger charge is -2.12. The van der Waals surface area contributed by atoms with Crippen molar-refractivity contribution in [3.8, 4) is 17.1 Å². The number of methoxy groups -OCH3 is 3. The zero-order valence-corrected chi connectivity index (χ0v) is 14.6. The largest absolute Gasteiger partial charge is 0.496 e. The van der Waals surface area contributed by atoms with E-state index in [4.69, 9.17) is 14.2 Å². The summed E-state index contributed by atoms with van der Waals surface area (Å²) in [6.07, 6.45) is 0.897. The highest BCUT2D eigenvalue weighted by Gasteiger charge is 2.17. The first-order valence-corrected chi connectivity index (χ1v) is 8.47. The van der Waals surface area contributed by atoms with Crippen molar-refractivity contribution in [3.63, 3.8) is 0 Å². The third kappa shape index (κ3) is 4.70. The Hall–Kier alpha value is -1.57. The van der Waals surface area contributed by atoms with E-state index in [9.17, 15) is 0 Å². The maximum absolute atomic E-state index is 5.46. The van der Waals surface area contributed by atoms with E-state index in [1.165, 1.54) is 0 Å². The Morgan fingerprint density at radius 3 is 2.57 bits per heavy atom. The van der Waals surface area contributed by atoms with Crippen LogP contribution in [0.3, 0.4) is 0 Å². The van der Waals surface area contributed by atoms with Gasteiger partial charge in [0.05, 0.1) is 19.3 Å². The molecule has 0 atom stereocenters. The number of rotatable bonds is 10. The lowest BCUT2D eigenvalue weighted by atomic mass is 10.2. The van der Waals surface area contributed by atoms with Crippen LogP contribution in [0.2, 0.25) is 0 Å². The first kappa shape index (κ1) is 17.8. The van der Waals surface area contributed by atoms with Crippen LogP contribution in [0.25, 0.3) is 11.4 Å². The molecule has 0 aliphatic rings. The molecule has 0 N–H and O–H groups in total. The second-order valence-corrected chi connectivity index (χ2v) is 5.91. The summed E-state index contributed by atoms with van der Waals surface area (Å²) < 4.78 is 17.9.